The average Bonchev–Trinajstić information content (AvgIpc) is 2.31. The molecule has 0 spiro atoms. The molecule has 2 aromatic rings. The first-order chi connectivity index (χ1) is 5.68. The summed E-state index contributed by atoms with van der Waals surface area (Å²) in [6.07, 6.45) is 0. The van der Waals surface area contributed by atoms with E-state index in [1.54, 1.807) is 0 Å². The highest BCUT2D eigenvalue weighted by molar-refractivity contribution is 9.10. The smallest absolute Gasteiger partial charge is 0.0491 e. The largest absolute Gasteiger partial charge is 0.348 e. The highest BCUT2D eigenvalue weighted by Gasteiger charge is 2.01. The molecule has 62 valence electrons. The van der Waals surface area contributed by atoms with Gasteiger partial charge in [-0.2, -0.15) is 0 Å². The Kier molecular flexibility index (Phi) is 1.72. The van der Waals surface area contributed by atoms with Crippen molar-refractivity contribution in [3.63, 3.8) is 0 Å². The summed E-state index contributed by atoms with van der Waals surface area (Å²) in [5.41, 5.74) is 2.57. The summed E-state index contributed by atoms with van der Waals surface area (Å²) in [7, 11) is 2.09. The van der Waals surface area contributed by atoms with Crippen molar-refractivity contribution >= 4 is 26.8 Å². The second-order valence-electron chi connectivity index (χ2n) is 3.05. The van der Waals surface area contributed by atoms with E-state index >= 15 is 0 Å². The van der Waals surface area contributed by atoms with Crippen molar-refractivity contribution in [3.05, 3.63) is 34.4 Å². The van der Waals surface area contributed by atoms with E-state index < -0.39 is 0 Å². The van der Waals surface area contributed by atoms with Gasteiger partial charge in [0.15, 0.2) is 0 Å². The zero-order chi connectivity index (χ0) is 8.72. The Hall–Kier alpha value is -0.760. The van der Waals surface area contributed by atoms with Gasteiger partial charge in [-0.15, -0.1) is 0 Å². The van der Waals surface area contributed by atoms with Crippen LogP contribution in [-0.2, 0) is 7.05 Å². The molecule has 0 unspecified atom stereocenters. The summed E-state index contributed by atoms with van der Waals surface area (Å²) in [4.78, 5) is 0. The molecule has 0 aliphatic heterocycles. The summed E-state index contributed by atoms with van der Waals surface area (Å²) in [5, 5.41) is 1.30. The molecule has 0 N–H and O–H groups in total. The third kappa shape index (κ3) is 1.07. The first-order valence-corrected chi connectivity index (χ1v) is 4.69. The number of hydrogen-bond donors (Lipinski definition) is 0. The van der Waals surface area contributed by atoms with Gasteiger partial charge in [-0.25, -0.2) is 0 Å². The van der Waals surface area contributed by atoms with Crippen molar-refractivity contribution in [2.24, 2.45) is 7.05 Å². The molecule has 0 saturated carbocycles. The number of aromatic nitrogens is 1. The summed E-state index contributed by atoms with van der Waals surface area (Å²) in [5.74, 6) is 0. The maximum Gasteiger partial charge on any atom is 0.0491 e. The lowest BCUT2D eigenvalue weighted by molar-refractivity contribution is 0.918. The van der Waals surface area contributed by atoms with E-state index in [1.807, 2.05) is 0 Å². The summed E-state index contributed by atoms with van der Waals surface area (Å²) in [6.45, 7) is 2.12. The minimum Gasteiger partial charge on any atom is -0.348 e. The molecule has 1 heterocycles. The Bertz CT molecular complexity index is 429. The van der Waals surface area contributed by atoms with Crippen LogP contribution in [0.1, 0.15) is 5.69 Å². The van der Waals surface area contributed by atoms with Crippen LogP contribution in [0, 0.1) is 6.92 Å². The number of halogens is 1. The first kappa shape index (κ1) is 7.87. The van der Waals surface area contributed by atoms with Crippen LogP contribution >= 0.6 is 15.9 Å². The number of nitrogens with zero attached hydrogens (tertiary/aromatic N) is 1. The average molecular weight is 224 g/mol. The van der Waals surface area contributed by atoms with Gasteiger partial charge in [0.1, 0.15) is 0 Å². The third-order valence-electron chi connectivity index (χ3n) is 2.25. The molecular weight excluding hydrogens is 214 g/mol. The molecule has 12 heavy (non-hydrogen) atoms. The van der Waals surface area contributed by atoms with E-state index in [2.05, 4.69) is 58.7 Å². The zero-order valence-corrected chi connectivity index (χ0v) is 8.72. The highest BCUT2D eigenvalue weighted by atomic mass is 79.9. The van der Waals surface area contributed by atoms with Crippen molar-refractivity contribution in [1.82, 2.24) is 4.57 Å². The van der Waals surface area contributed by atoms with Crippen LogP contribution in [0.2, 0.25) is 0 Å². The quantitative estimate of drug-likeness (QED) is 0.647. The summed E-state index contributed by atoms with van der Waals surface area (Å²) >= 11 is 3.46. The Labute approximate surface area is 80.1 Å². The van der Waals surface area contributed by atoms with Crippen molar-refractivity contribution in [3.8, 4) is 0 Å². The molecule has 1 aromatic heterocycles. The molecule has 0 amide bonds. The highest BCUT2D eigenvalue weighted by Crippen LogP contribution is 2.22. The predicted octanol–water partition coefficient (Wildman–Crippen LogP) is 3.25. The van der Waals surface area contributed by atoms with Crippen LogP contribution in [0.25, 0.3) is 10.9 Å². The topological polar surface area (TPSA) is 4.93 Å². The fourth-order valence-electron chi connectivity index (χ4n) is 1.44. The Morgan fingerprint density at radius 1 is 1.25 bits per heavy atom. The fourth-order valence-corrected chi connectivity index (χ4v) is 1.79. The van der Waals surface area contributed by atoms with Gasteiger partial charge in [0.05, 0.1) is 0 Å². The van der Waals surface area contributed by atoms with Crippen LogP contribution < -0.4 is 0 Å². The number of fused-ring (bicyclic) bond motifs is 1. The lowest BCUT2D eigenvalue weighted by atomic mass is 10.2. The molecule has 0 bridgehead atoms. The monoisotopic (exact) mass is 223 g/mol. The van der Waals surface area contributed by atoms with Gasteiger partial charge < -0.3 is 4.57 Å². The predicted molar refractivity (Wildman–Crippen MR) is 55.4 cm³/mol. The van der Waals surface area contributed by atoms with Gasteiger partial charge in [-0.1, -0.05) is 22.0 Å². The number of hydrogen-bond acceptors (Lipinski definition) is 0. The Morgan fingerprint density at radius 2 is 2.00 bits per heavy atom. The molecular formula is C10H10BrN. The molecule has 0 fully saturated rings. The van der Waals surface area contributed by atoms with Gasteiger partial charge in [0.25, 0.3) is 0 Å². The lowest BCUT2D eigenvalue weighted by Gasteiger charge is -1.98. The van der Waals surface area contributed by atoms with Crippen molar-refractivity contribution < 1.29 is 0 Å². The molecule has 1 nitrogen and oxygen atoms in total. The minimum absolute atomic E-state index is 1.14. The zero-order valence-electron chi connectivity index (χ0n) is 7.13. The molecule has 0 aliphatic carbocycles. The van der Waals surface area contributed by atoms with E-state index in [1.165, 1.54) is 16.6 Å². The van der Waals surface area contributed by atoms with Gasteiger partial charge in [0.2, 0.25) is 0 Å². The lowest BCUT2D eigenvalue weighted by Crippen LogP contribution is -1.88. The van der Waals surface area contributed by atoms with Crippen LogP contribution in [0.3, 0.4) is 0 Å². The molecule has 0 radical (unpaired) electrons. The van der Waals surface area contributed by atoms with Crippen molar-refractivity contribution in [2.45, 2.75) is 6.92 Å². The van der Waals surface area contributed by atoms with E-state index in [9.17, 15) is 0 Å². The van der Waals surface area contributed by atoms with Crippen LogP contribution in [0.5, 0.6) is 0 Å². The SMILES string of the molecule is Cc1cc2ccc(Br)cc2n1C. The van der Waals surface area contributed by atoms with Gasteiger partial charge in [0, 0.05) is 22.7 Å². The van der Waals surface area contributed by atoms with Gasteiger partial charge in [-0.05, 0) is 30.5 Å². The first-order valence-electron chi connectivity index (χ1n) is 3.90. The molecule has 0 saturated heterocycles. The molecule has 0 atom stereocenters. The third-order valence-corrected chi connectivity index (χ3v) is 2.74. The standard InChI is InChI=1S/C10H10BrN/c1-7-5-8-3-4-9(11)6-10(8)12(7)2/h3-6H,1-2H3. The summed E-state index contributed by atoms with van der Waals surface area (Å²) < 4.78 is 3.33. The van der Waals surface area contributed by atoms with Gasteiger partial charge >= 0.3 is 0 Å². The maximum absolute atomic E-state index is 3.46. The van der Waals surface area contributed by atoms with Crippen LogP contribution in [0.15, 0.2) is 28.7 Å². The molecule has 0 aliphatic rings. The summed E-state index contributed by atoms with van der Waals surface area (Å²) in [6, 6.07) is 8.54. The van der Waals surface area contributed by atoms with Crippen LogP contribution in [0.4, 0.5) is 0 Å². The minimum atomic E-state index is 1.14. The maximum atomic E-state index is 3.46. The van der Waals surface area contributed by atoms with E-state index in [-0.39, 0.29) is 0 Å². The normalized spacial score (nSPS) is 10.9. The number of benzene rings is 1. The van der Waals surface area contributed by atoms with Crippen molar-refractivity contribution in [2.75, 3.05) is 0 Å². The second kappa shape index (κ2) is 2.63. The number of rotatable bonds is 0. The molecule has 2 heteroatoms. The Morgan fingerprint density at radius 3 is 2.75 bits per heavy atom. The van der Waals surface area contributed by atoms with E-state index in [4.69, 9.17) is 0 Å². The Balaban J connectivity index is 2.88. The second-order valence-corrected chi connectivity index (χ2v) is 3.96. The van der Waals surface area contributed by atoms with E-state index in [0.717, 1.165) is 4.47 Å². The molecule has 1 aromatic carbocycles. The van der Waals surface area contributed by atoms with Gasteiger partial charge in [-0.3, -0.25) is 0 Å². The molecule has 2 rings (SSSR count). The van der Waals surface area contributed by atoms with Crippen LogP contribution in [-0.4, -0.2) is 4.57 Å². The number of aryl methyl sites for hydroxylation is 2. The fraction of sp³-hybridized carbons (Fsp3) is 0.200. The van der Waals surface area contributed by atoms with E-state index in [0.29, 0.717) is 0 Å². The van der Waals surface area contributed by atoms with Crippen molar-refractivity contribution in [1.29, 1.82) is 0 Å².